The van der Waals surface area contributed by atoms with Crippen molar-refractivity contribution in [3.63, 3.8) is 0 Å². The highest BCUT2D eigenvalue weighted by atomic mass is 32.2. The van der Waals surface area contributed by atoms with Gasteiger partial charge in [0.15, 0.2) is 0 Å². The molecule has 3 N–H and O–H groups in total. The Morgan fingerprint density at radius 1 is 0.895 bits per heavy atom. The van der Waals surface area contributed by atoms with E-state index in [0.29, 0.717) is 0 Å². The van der Waals surface area contributed by atoms with Crippen molar-refractivity contribution in [2.45, 2.75) is 11.0 Å². The Labute approximate surface area is 101 Å². The van der Waals surface area contributed by atoms with Gasteiger partial charge in [0.05, 0.1) is 0 Å². The second kappa shape index (κ2) is 4.85. The lowest BCUT2D eigenvalue weighted by atomic mass is 11.6. The molecule has 0 aliphatic carbocycles. The van der Waals surface area contributed by atoms with Crippen molar-refractivity contribution in [1.29, 1.82) is 0 Å². The van der Waals surface area contributed by atoms with E-state index in [1.54, 1.807) is 0 Å². The van der Waals surface area contributed by atoms with Gasteiger partial charge >= 0.3 is 38.7 Å². The fourth-order valence-electron chi connectivity index (χ4n) is 0.426. The molecule has 17 heteroatoms. The smallest absolute Gasteiger partial charge is 0.327 e. The number of hydrogen-bond donors (Lipinski definition) is 3. The molecule has 0 atom stereocenters. The van der Waals surface area contributed by atoms with Crippen LogP contribution in [0.1, 0.15) is 0 Å². The van der Waals surface area contributed by atoms with Crippen LogP contribution in [0.4, 0.5) is 26.3 Å². The lowest BCUT2D eigenvalue weighted by Crippen LogP contribution is -2.35. The van der Waals surface area contributed by atoms with E-state index in [2.05, 4.69) is 0 Å². The molecule has 0 aromatic carbocycles. The average Bonchev–Trinajstić information content (AvgIpc) is 1.93. The van der Waals surface area contributed by atoms with E-state index < -0.39 is 38.7 Å². The molecule has 116 valence electrons. The molecule has 0 saturated carbocycles. The first-order chi connectivity index (χ1) is 7.91. The summed E-state index contributed by atoms with van der Waals surface area (Å²) in [4.78, 5) is 17.1. The van der Waals surface area contributed by atoms with Gasteiger partial charge in [0, 0.05) is 0 Å². The molecule has 0 saturated heterocycles. The second-order valence-corrected chi connectivity index (χ2v) is 8.01. The van der Waals surface area contributed by atoms with E-state index in [4.69, 9.17) is 9.79 Å². The number of hydrogen-bond acceptors (Lipinski definition) is 4. The van der Waals surface area contributed by atoms with Crippen LogP contribution in [0.5, 0.6) is 0 Å². The molecule has 0 amide bonds. The van der Waals surface area contributed by atoms with Crippen molar-refractivity contribution in [2.24, 2.45) is 4.15 Å². The third kappa shape index (κ3) is 4.88. The van der Waals surface area contributed by atoms with Gasteiger partial charge in [-0.15, -0.1) is 8.64 Å². The molecule has 0 rings (SSSR count). The number of rotatable bonds is 3. The highest BCUT2D eigenvalue weighted by Gasteiger charge is 2.51. The molecular formula is C2H3F6N2O6PS2. The van der Waals surface area contributed by atoms with Crippen LogP contribution < -0.4 is 4.49 Å². The van der Waals surface area contributed by atoms with Gasteiger partial charge in [0.1, 0.15) is 0 Å². The molecule has 0 heterocycles. The van der Waals surface area contributed by atoms with Crippen molar-refractivity contribution >= 4 is 27.7 Å². The van der Waals surface area contributed by atoms with E-state index in [9.17, 15) is 43.2 Å². The van der Waals surface area contributed by atoms with Crippen LogP contribution in [-0.2, 0) is 20.0 Å². The summed E-state index contributed by atoms with van der Waals surface area (Å²) in [5.74, 6) is 0. The Morgan fingerprint density at radius 3 is 1.53 bits per heavy atom. The van der Waals surface area contributed by atoms with Gasteiger partial charge in [-0.05, 0) is 0 Å². The third-order valence-electron chi connectivity index (χ3n) is 1.06. The maximum Gasteiger partial charge on any atom is 0.518 e. The SMILES string of the molecule is O=S(=O)(N=P(O)(O)NS(=O)(=O)C(F)(F)F)C(F)(F)F. The number of nitrogens with one attached hydrogen (secondary N) is 1. The lowest BCUT2D eigenvalue weighted by molar-refractivity contribution is -0.0443. The molecule has 0 unspecified atom stereocenters. The maximum absolute atomic E-state index is 11.8. The molecule has 0 bridgehead atoms. The van der Waals surface area contributed by atoms with Crippen molar-refractivity contribution in [1.82, 2.24) is 4.49 Å². The summed E-state index contributed by atoms with van der Waals surface area (Å²) < 4.78 is 113. The molecule has 0 aliphatic rings. The summed E-state index contributed by atoms with van der Waals surface area (Å²) in [7, 11) is -19.2. The maximum atomic E-state index is 11.8. The van der Waals surface area contributed by atoms with Crippen molar-refractivity contribution < 1.29 is 53.0 Å². The van der Waals surface area contributed by atoms with Crippen LogP contribution >= 0.6 is 7.66 Å². The summed E-state index contributed by atoms with van der Waals surface area (Å²) in [5.41, 5.74) is -12.3. The zero-order chi connectivity index (χ0) is 15.9. The Bertz CT molecular complexity index is 595. The lowest BCUT2D eigenvalue weighted by Gasteiger charge is -2.14. The molecule has 19 heavy (non-hydrogen) atoms. The van der Waals surface area contributed by atoms with Crippen molar-refractivity contribution in [3.8, 4) is 0 Å². The molecule has 0 fully saturated rings. The van der Waals surface area contributed by atoms with E-state index in [1.807, 2.05) is 0 Å². The summed E-state index contributed by atoms with van der Waals surface area (Å²) in [6, 6.07) is 0. The molecule has 0 radical (unpaired) electrons. The topological polar surface area (TPSA) is 133 Å². The van der Waals surface area contributed by atoms with E-state index >= 15 is 0 Å². The van der Waals surface area contributed by atoms with Crippen LogP contribution in [0.2, 0.25) is 0 Å². The summed E-state index contributed by atoms with van der Waals surface area (Å²) in [6.45, 7) is 0. The van der Waals surface area contributed by atoms with Gasteiger partial charge < -0.3 is 9.79 Å². The predicted molar refractivity (Wildman–Crippen MR) is 46.9 cm³/mol. The molecule has 0 aromatic rings. The van der Waals surface area contributed by atoms with Crippen LogP contribution in [0.3, 0.4) is 0 Å². The Hall–Kier alpha value is -0.410. The van der Waals surface area contributed by atoms with Gasteiger partial charge in [-0.3, -0.25) is 0 Å². The normalized spacial score (nSPS) is 15.4. The predicted octanol–water partition coefficient (Wildman–Crippen LogP) is 0.206. The molecule has 0 aromatic heterocycles. The Morgan fingerprint density at radius 2 is 1.26 bits per heavy atom. The molecule has 0 spiro atoms. The number of nitrogens with zero attached hydrogens (tertiary/aromatic N) is 1. The summed E-state index contributed by atoms with van der Waals surface area (Å²) in [5, 5.41) is 0. The fraction of sp³-hybridized carbons (Fsp3) is 1.00. The Balaban J connectivity index is 5.71. The minimum atomic E-state index is -6.59. The summed E-state index contributed by atoms with van der Waals surface area (Å²) >= 11 is 0. The van der Waals surface area contributed by atoms with Crippen molar-refractivity contribution in [2.75, 3.05) is 0 Å². The first-order valence-corrected chi connectivity index (χ1v) is 7.99. The van der Waals surface area contributed by atoms with Crippen molar-refractivity contribution in [3.05, 3.63) is 0 Å². The van der Waals surface area contributed by atoms with E-state index in [-0.39, 0.29) is 4.49 Å². The monoisotopic (exact) mass is 360 g/mol. The van der Waals surface area contributed by atoms with E-state index in [1.165, 1.54) is 4.15 Å². The largest absolute Gasteiger partial charge is 0.518 e. The number of halogens is 6. The first kappa shape index (κ1) is 18.6. The standard InChI is InChI=1S/C2H3F6N2O6PS2/c3-1(4,5)18(13,14)9-17(11,12)10-19(15,16)2(6,7)8/h9,11-12H. The Kier molecular flexibility index (Phi) is 4.75. The first-order valence-electron chi connectivity index (χ1n) is 3.42. The van der Waals surface area contributed by atoms with Gasteiger partial charge in [0.2, 0.25) is 0 Å². The fourth-order valence-corrected chi connectivity index (χ4v) is 4.13. The molecule has 0 aliphatic heterocycles. The second-order valence-electron chi connectivity index (χ2n) is 2.61. The van der Waals surface area contributed by atoms with Crippen LogP contribution in [0, 0.1) is 0 Å². The van der Waals surface area contributed by atoms with Gasteiger partial charge in [-0.2, -0.15) is 34.8 Å². The van der Waals surface area contributed by atoms with Gasteiger partial charge in [-0.1, -0.05) is 0 Å². The number of sulfonamides is 2. The average molecular weight is 360 g/mol. The van der Waals surface area contributed by atoms with E-state index in [0.717, 1.165) is 0 Å². The van der Waals surface area contributed by atoms with Crippen LogP contribution in [0.15, 0.2) is 4.15 Å². The zero-order valence-electron chi connectivity index (χ0n) is 8.01. The zero-order valence-corrected chi connectivity index (χ0v) is 10.5. The highest BCUT2D eigenvalue weighted by Crippen LogP contribution is 2.42. The van der Waals surface area contributed by atoms with Crippen LogP contribution in [-0.4, -0.2) is 37.6 Å². The minimum absolute atomic E-state index is 0.0756. The molecule has 8 nitrogen and oxygen atoms in total. The third-order valence-corrected chi connectivity index (χ3v) is 5.97. The van der Waals surface area contributed by atoms with Gasteiger partial charge in [0.25, 0.3) is 0 Å². The molecular weight excluding hydrogens is 357 g/mol. The summed E-state index contributed by atoms with van der Waals surface area (Å²) in [6.07, 6.45) is 0. The number of alkyl halides is 6. The minimum Gasteiger partial charge on any atom is -0.327 e. The van der Waals surface area contributed by atoms with Crippen LogP contribution in [0.25, 0.3) is 0 Å². The quantitative estimate of drug-likeness (QED) is 0.487. The highest BCUT2D eigenvalue weighted by molar-refractivity contribution is 7.98. The van der Waals surface area contributed by atoms with Gasteiger partial charge in [-0.25, -0.2) is 8.42 Å².